The van der Waals surface area contributed by atoms with E-state index in [1.807, 2.05) is 58.9 Å². The Kier molecular flexibility index (Phi) is 17.4. The molecular weight excluding hydrogens is 777 g/mol. The van der Waals surface area contributed by atoms with E-state index in [-0.39, 0.29) is 54.6 Å². The largest absolute Gasteiger partial charge is 0.489 e. The van der Waals surface area contributed by atoms with Crippen LogP contribution < -0.4 is 10.5 Å². The quantitative estimate of drug-likeness (QED) is 0.162. The molecule has 61 heavy (non-hydrogen) atoms. The molecule has 12 nitrogen and oxygen atoms in total. The van der Waals surface area contributed by atoms with Gasteiger partial charge in [0.1, 0.15) is 35.9 Å². The molecule has 1 amide bonds. The summed E-state index contributed by atoms with van der Waals surface area (Å²) < 4.78 is 30.9. The first-order valence-corrected chi connectivity index (χ1v) is 22.9. The Morgan fingerprint density at radius 2 is 1.62 bits per heavy atom. The van der Waals surface area contributed by atoms with Gasteiger partial charge in [-0.1, -0.05) is 63.1 Å². The number of hydrogen-bond donors (Lipinski definition) is 2. The molecule has 1 saturated carbocycles. The summed E-state index contributed by atoms with van der Waals surface area (Å²) >= 11 is 0. The predicted molar refractivity (Wildman–Crippen MR) is 233 cm³/mol. The van der Waals surface area contributed by atoms with Crippen molar-refractivity contribution in [2.45, 2.75) is 174 Å². The number of ketones is 2. The number of esters is 1. The van der Waals surface area contributed by atoms with Crippen molar-refractivity contribution in [3.63, 3.8) is 0 Å². The number of benzene rings is 1. The monoisotopic (exact) mass is 851 g/mol. The van der Waals surface area contributed by atoms with Gasteiger partial charge in [0, 0.05) is 45.1 Å². The van der Waals surface area contributed by atoms with Crippen molar-refractivity contribution in [3.05, 3.63) is 53.1 Å². The molecule has 13 atom stereocenters. The summed E-state index contributed by atoms with van der Waals surface area (Å²) in [6.07, 6.45) is 8.17. The van der Waals surface area contributed by atoms with E-state index in [1.54, 1.807) is 21.1 Å². The summed E-state index contributed by atoms with van der Waals surface area (Å²) in [6, 6.07) is 6.79. The number of allylic oxidation sites excluding steroid dienone is 3. The second-order valence-corrected chi connectivity index (χ2v) is 18.8. The Balaban J connectivity index is 1.48. The molecule has 13 unspecified atom stereocenters. The first-order chi connectivity index (χ1) is 29.0. The van der Waals surface area contributed by atoms with Gasteiger partial charge in [-0.3, -0.25) is 14.4 Å². The van der Waals surface area contributed by atoms with Crippen LogP contribution in [0.1, 0.15) is 124 Å². The fourth-order valence-corrected chi connectivity index (χ4v) is 10.1. The van der Waals surface area contributed by atoms with Crippen molar-refractivity contribution < 1.29 is 48.0 Å². The lowest BCUT2D eigenvalue weighted by Crippen LogP contribution is -2.64. The molecule has 0 radical (unpaired) electrons. The Hall–Kier alpha value is -3.42. The van der Waals surface area contributed by atoms with E-state index in [0.29, 0.717) is 57.8 Å². The van der Waals surface area contributed by atoms with Crippen LogP contribution in [0, 0.1) is 36.5 Å². The van der Waals surface area contributed by atoms with Crippen LogP contribution in [0.4, 0.5) is 0 Å². The predicted octanol–water partition coefficient (Wildman–Crippen LogP) is 7.21. The van der Waals surface area contributed by atoms with Crippen LogP contribution in [0.25, 0.3) is 0 Å². The number of cyclic esters (lactones) is 1. The molecule has 3 aliphatic heterocycles. The van der Waals surface area contributed by atoms with Gasteiger partial charge in [-0.2, -0.15) is 0 Å². The topological polar surface area (TPSA) is 164 Å². The summed E-state index contributed by atoms with van der Waals surface area (Å²) in [7, 11) is 3.12. The van der Waals surface area contributed by atoms with E-state index in [1.165, 1.54) is 4.90 Å². The molecule has 1 aromatic rings. The van der Waals surface area contributed by atoms with Crippen molar-refractivity contribution in [1.82, 2.24) is 4.90 Å². The fraction of sp³-hybridized carbons (Fsp3) is 0.714. The number of nitrogens with zero attached hydrogens (tertiary/aromatic N) is 1. The number of piperidine rings is 1. The van der Waals surface area contributed by atoms with Crippen LogP contribution in [0.2, 0.25) is 0 Å². The molecule has 1 aliphatic carbocycles. The average Bonchev–Trinajstić information content (AvgIpc) is 3.24. The Morgan fingerprint density at radius 1 is 0.934 bits per heavy atom. The normalized spacial score (nSPS) is 36.9. The van der Waals surface area contributed by atoms with Gasteiger partial charge in [-0.05, 0) is 127 Å². The maximum atomic E-state index is 14.4. The lowest BCUT2D eigenvalue weighted by molar-refractivity contribution is -0.302. The Labute approximate surface area is 364 Å². The third-order valence-corrected chi connectivity index (χ3v) is 13.9. The van der Waals surface area contributed by atoms with Crippen molar-refractivity contribution in [2.75, 3.05) is 20.8 Å². The van der Waals surface area contributed by atoms with Crippen molar-refractivity contribution in [1.29, 1.82) is 0 Å². The zero-order valence-electron chi connectivity index (χ0n) is 38.2. The maximum Gasteiger partial charge on any atom is 0.329 e. The highest BCUT2D eigenvalue weighted by molar-refractivity contribution is 6.39. The zero-order chi connectivity index (χ0) is 44.6. The van der Waals surface area contributed by atoms with Gasteiger partial charge >= 0.3 is 5.97 Å². The molecule has 5 rings (SSSR count). The van der Waals surface area contributed by atoms with Gasteiger partial charge in [0.25, 0.3) is 11.7 Å². The van der Waals surface area contributed by atoms with Crippen LogP contribution in [-0.4, -0.2) is 103 Å². The summed E-state index contributed by atoms with van der Waals surface area (Å²) in [5, 5.41) is 12.1. The number of nitrogens with two attached hydrogens (primary N) is 1. The Morgan fingerprint density at radius 3 is 2.30 bits per heavy atom. The summed E-state index contributed by atoms with van der Waals surface area (Å²) in [4.78, 5) is 58.2. The first kappa shape index (κ1) is 48.6. The minimum absolute atomic E-state index is 0.0889. The molecule has 4 aliphatic rings. The van der Waals surface area contributed by atoms with Crippen molar-refractivity contribution in [3.8, 4) is 5.75 Å². The molecule has 12 heteroatoms. The smallest absolute Gasteiger partial charge is 0.329 e. The van der Waals surface area contributed by atoms with E-state index in [0.717, 1.165) is 35.3 Å². The molecule has 1 aromatic carbocycles. The van der Waals surface area contributed by atoms with E-state index < -0.39 is 59.8 Å². The number of carbonyl (C=O) groups excluding carboxylic acids is 4. The third kappa shape index (κ3) is 12.0. The van der Waals surface area contributed by atoms with Gasteiger partial charge in [0.15, 0.2) is 0 Å². The lowest BCUT2D eigenvalue weighted by Gasteiger charge is -2.47. The highest BCUT2D eigenvalue weighted by atomic mass is 16.7. The molecule has 3 N–H and O–H groups in total. The van der Waals surface area contributed by atoms with Gasteiger partial charge in [-0.15, -0.1) is 0 Å². The second kappa shape index (κ2) is 21.8. The van der Waals surface area contributed by atoms with E-state index >= 15 is 0 Å². The summed E-state index contributed by atoms with van der Waals surface area (Å²) in [6.45, 7) is 14.0. The number of hydrogen-bond acceptors (Lipinski definition) is 11. The zero-order valence-corrected chi connectivity index (χ0v) is 38.2. The number of ether oxygens (including phenoxy) is 5. The van der Waals surface area contributed by atoms with E-state index in [2.05, 4.69) is 19.1 Å². The number of fused-ring (bicyclic) bond motifs is 3. The number of carbonyl (C=O) groups is 4. The molecule has 340 valence electrons. The maximum absolute atomic E-state index is 14.4. The van der Waals surface area contributed by atoms with Gasteiger partial charge in [0.05, 0.1) is 12.2 Å². The van der Waals surface area contributed by atoms with E-state index in [4.69, 9.17) is 29.4 Å². The van der Waals surface area contributed by atoms with Crippen LogP contribution in [0.15, 0.2) is 47.6 Å². The molecule has 0 aromatic heterocycles. The number of rotatable bonds is 7. The average molecular weight is 851 g/mol. The van der Waals surface area contributed by atoms with Gasteiger partial charge in [0.2, 0.25) is 5.79 Å². The number of aliphatic hydroxyl groups is 1. The molecule has 3 heterocycles. The SMILES string of the molecule is CCC1C=C(C)CC(C)CC(OC)C2OC(O)(C(=O)C(=O)N3CCCCC3C(=O)OC(C(C)=CC3CCC(N)C(Oc4ccc(C)cc4)C3)C(C)CCC1=O)C(C)CC2OC. The highest BCUT2D eigenvalue weighted by Gasteiger charge is 2.56. The number of aryl methyl sites for hydroxylation is 1. The van der Waals surface area contributed by atoms with Crippen molar-refractivity contribution >= 4 is 23.4 Å². The Bertz CT molecular complexity index is 1730. The minimum Gasteiger partial charge on any atom is -0.489 e. The lowest BCUT2D eigenvalue weighted by atomic mass is 9.81. The number of amides is 1. The summed E-state index contributed by atoms with van der Waals surface area (Å²) in [5.41, 5.74) is 9.66. The molecule has 0 spiro atoms. The van der Waals surface area contributed by atoms with Gasteiger partial charge in [-0.25, -0.2) is 4.79 Å². The molecule has 2 bridgehead atoms. The standard InChI is InChI=1S/C49H74N2O10/c1-10-36-24-30(3)23-31(4)25-42(57-8)45-43(58-9)27-34(7)49(56,61-45)46(53)47(54)51-22-12-11-13-39(51)48(55)60-44(32(5)16-21-40(36)52)33(6)26-35-17-20-38(50)41(28-35)59-37-18-14-29(2)15-19-37/h14-15,18-19,24,26,31-32,34-36,38-39,41-45,56H,10-13,16-17,20-23,25,27-28,50H2,1-9H3. The molecular formula is C49H74N2O10. The first-order valence-electron chi connectivity index (χ1n) is 22.9. The third-order valence-electron chi connectivity index (χ3n) is 13.9. The van der Waals surface area contributed by atoms with Crippen LogP contribution >= 0.6 is 0 Å². The second-order valence-electron chi connectivity index (χ2n) is 18.8. The molecule has 2 saturated heterocycles. The van der Waals surface area contributed by atoms with Crippen molar-refractivity contribution in [2.24, 2.45) is 35.3 Å². The summed E-state index contributed by atoms with van der Waals surface area (Å²) in [5.74, 6) is -5.36. The minimum atomic E-state index is -2.47. The highest BCUT2D eigenvalue weighted by Crippen LogP contribution is 2.39. The van der Waals surface area contributed by atoms with Crippen LogP contribution in [0.5, 0.6) is 5.75 Å². The fourth-order valence-electron chi connectivity index (χ4n) is 10.1. The van der Waals surface area contributed by atoms with Crippen LogP contribution in [-0.2, 0) is 38.1 Å². The number of methoxy groups -OCH3 is 2. The number of Topliss-reactive ketones (excluding diaryl/α,β-unsaturated/α-hetero) is 2. The van der Waals surface area contributed by atoms with E-state index in [9.17, 15) is 24.3 Å². The van der Waals surface area contributed by atoms with Gasteiger partial charge < -0.3 is 39.4 Å². The molecule has 3 fully saturated rings. The van der Waals surface area contributed by atoms with Crippen LogP contribution in [0.3, 0.4) is 0 Å².